The number of azo groups is 2. The van der Waals surface area contributed by atoms with Crippen molar-refractivity contribution in [2.24, 2.45) is 20.5 Å². The van der Waals surface area contributed by atoms with Crippen LogP contribution in [0, 0.1) is 34.1 Å². The second kappa shape index (κ2) is 16.7. The molecule has 0 aliphatic rings. The van der Waals surface area contributed by atoms with Gasteiger partial charge in [-0.2, -0.15) is 28.0 Å². The van der Waals surface area contributed by atoms with E-state index in [1.165, 1.54) is 16.3 Å². The zero-order valence-corrected chi connectivity index (χ0v) is 30.2. The molecule has 2 aromatic heterocycles. The first-order valence-corrected chi connectivity index (χ1v) is 16.5. The van der Waals surface area contributed by atoms with Crippen molar-refractivity contribution in [3.63, 3.8) is 0 Å². The Bertz CT molecular complexity index is 2560. The van der Waals surface area contributed by atoms with Crippen molar-refractivity contribution in [1.82, 2.24) is 19.6 Å². The van der Waals surface area contributed by atoms with Crippen LogP contribution in [0.1, 0.15) is 11.4 Å². The maximum Gasteiger partial charge on any atom is 0.298 e. The maximum atomic E-state index is 11.4. The Balaban J connectivity index is 0.000000243. The number of benzene rings is 4. The van der Waals surface area contributed by atoms with E-state index in [4.69, 9.17) is 4.55 Å². The normalized spacial score (nSPS) is 11.3. The molecule has 0 bridgehead atoms. The van der Waals surface area contributed by atoms with Gasteiger partial charge in [0.1, 0.15) is 22.0 Å². The Hall–Kier alpha value is -7.06. The zero-order valence-electron chi connectivity index (χ0n) is 28.1. The molecule has 0 atom stereocenters. The Morgan fingerprint density at radius 2 is 1.07 bits per heavy atom. The third-order valence-corrected chi connectivity index (χ3v) is 8.09. The predicted molar refractivity (Wildman–Crippen MR) is 188 cm³/mol. The minimum Gasteiger partial charge on any atom is -0.506 e. The van der Waals surface area contributed by atoms with Gasteiger partial charge in [-0.1, -0.05) is 36.4 Å². The average Bonchev–Trinajstić information content (AvgIpc) is 3.59. The fourth-order valence-corrected chi connectivity index (χ4v) is 5.24. The monoisotopic (exact) mass is 810 g/mol. The van der Waals surface area contributed by atoms with E-state index >= 15 is 0 Å². The summed E-state index contributed by atoms with van der Waals surface area (Å²) < 4.78 is 34.4. The van der Waals surface area contributed by atoms with Crippen molar-refractivity contribution in [2.75, 3.05) is 0 Å². The molecule has 0 saturated carbocycles. The van der Waals surface area contributed by atoms with Crippen molar-refractivity contribution in [2.45, 2.75) is 18.7 Å². The number of hydrogen-bond acceptors (Lipinski definition) is 16. The number of nitro benzene ring substituents is 2. The van der Waals surface area contributed by atoms with E-state index in [0.717, 1.165) is 24.3 Å². The van der Waals surface area contributed by atoms with E-state index in [1.807, 2.05) is 6.07 Å². The van der Waals surface area contributed by atoms with Crippen molar-refractivity contribution in [3.05, 3.63) is 123 Å². The number of nitrogens with zero attached hydrogens (tertiary/aromatic N) is 10. The number of phenolic OH excluding ortho intramolecular Hbond substituents is 2. The van der Waals surface area contributed by atoms with Crippen LogP contribution >= 0.6 is 0 Å². The van der Waals surface area contributed by atoms with Crippen molar-refractivity contribution in [3.8, 4) is 34.6 Å². The van der Waals surface area contributed by atoms with Gasteiger partial charge in [-0.25, -0.2) is 0 Å². The Labute approximate surface area is 320 Å². The van der Waals surface area contributed by atoms with Gasteiger partial charge < -0.3 is 20.4 Å². The summed E-state index contributed by atoms with van der Waals surface area (Å²) in [5, 5.41) is 85.7. The number of para-hydroxylation sites is 2. The van der Waals surface area contributed by atoms with Crippen molar-refractivity contribution in [1.29, 1.82) is 0 Å². The van der Waals surface area contributed by atoms with E-state index in [-0.39, 0.29) is 57.4 Å². The van der Waals surface area contributed by atoms with Gasteiger partial charge in [-0.15, -0.1) is 20.5 Å². The second-order valence-corrected chi connectivity index (χ2v) is 12.3. The van der Waals surface area contributed by atoms with Gasteiger partial charge in [0, 0.05) is 41.6 Å². The van der Waals surface area contributed by atoms with Crippen LogP contribution in [-0.4, -0.2) is 62.8 Å². The largest absolute Gasteiger partial charge is 0.506 e. The van der Waals surface area contributed by atoms with Crippen LogP contribution in [0.15, 0.2) is 116 Å². The van der Waals surface area contributed by atoms with Gasteiger partial charge in [-0.05, 0) is 44.2 Å². The summed E-state index contributed by atoms with van der Waals surface area (Å²) in [4.78, 5) is 19.2. The maximum absolute atomic E-state index is 11.4. The molecule has 55 heavy (non-hydrogen) atoms. The molecule has 0 unspecified atom stereocenters. The first kappa shape index (κ1) is 40.7. The smallest absolute Gasteiger partial charge is 0.298 e. The van der Waals surface area contributed by atoms with E-state index < -0.39 is 47.9 Å². The van der Waals surface area contributed by atoms with Gasteiger partial charge in [0.15, 0.2) is 17.1 Å². The quantitative estimate of drug-likeness (QED) is 0.0422. The van der Waals surface area contributed by atoms with Crippen LogP contribution in [0.5, 0.6) is 23.3 Å². The summed E-state index contributed by atoms with van der Waals surface area (Å²) in [6, 6.07) is 22.2. The molecule has 282 valence electrons. The molecule has 2 heterocycles. The van der Waals surface area contributed by atoms with Gasteiger partial charge in [0.2, 0.25) is 11.8 Å². The standard InChI is InChI=1S/C16H13N5O7S.C16H13N5O4.Cr/c1-9-14(16(23)20(19-9)10-5-3-2-4-6-10)18-17-12-7-11(21(24)25)8-13(15(12)22)29(26,27)28;1-10-15(16(23)20(19-10)11-5-3-2-4-6-11)18-17-13-9-12(21(24)25)7-8-14(13)22;/h2-8,22-23H,1H3,(H,26,27,28);2-9,22-23H,1H3;. The van der Waals surface area contributed by atoms with E-state index in [2.05, 4.69) is 30.7 Å². The molecular weight excluding hydrogens is 784 g/mol. The van der Waals surface area contributed by atoms with Crippen LogP contribution in [0.4, 0.5) is 34.1 Å². The summed E-state index contributed by atoms with van der Waals surface area (Å²) in [6.07, 6.45) is 0. The predicted octanol–water partition coefficient (Wildman–Crippen LogP) is 7.08. The summed E-state index contributed by atoms with van der Waals surface area (Å²) in [7, 11) is -4.97. The number of aryl methyl sites for hydroxylation is 2. The van der Waals surface area contributed by atoms with E-state index in [1.54, 1.807) is 61.5 Å². The minimum absolute atomic E-state index is 0. The Morgan fingerprint density at radius 1 is 0.636 bits per heavy atom. The summed E-state index contributed by atoms with van der Waals surface area (Å²) >= 11 is 0. The third kappa shape index (κ3) is 9.12. The molecule has 0 saturated heterocycles. The molecular formula is C32H26CrN10O11S. The van der Waals surface area contributed by atoms with Gasteiger partial charge in [0.25, 0.3) is 21.5 Å². The molecule has 5 N–H and O–H groups in total. The topological polar surface area (TPSA) is 307 Å². The number of aromatic hydroxyl groups is 4. The second-order valence-electron chi connectivity index (χ2n) is 10.9. The third-order valence-electron chi connectivity index (χ3n) is 7.23. The molecule has 0 spiro atoms. The SMILES string of the molecule is Cc1nn(-c2ccccc2)c(O)c1N=Nc1cc([N+](=O)[O-])cc(S(=O)(=O)O)c1O.Cc1nn(-c2ccccc2)c(O)c1N=Nc1cc([N+](=O)[O-])ccc1O.[Cr]. The molecule has 0 fully saturated rings. The fourth-order valence-electron chi connectivity index (χ4n) is 4.62. The molecule has 6 aromatic rings. The molecule has 0 aliphatic heterocycles. The first-order valence-electron chi connectivity index (χ1n) is 15.0. The number of aromatic nitrogens is 4. The molecule has 21 nitrogen and oxygen atoms in total. The Morgan fingerprint density at radius 3 is 1.51 bits per heavy atom. The Kier molecular flexibility index (Phi) is 12.4. The summed E-state index contributed by atoms with van der Waals surface area (Å²) in [5.41, 5.74) is 0.175. The van der Waals surface area contributed by atoms with Crippen LogP contribution in [0.2, 0.25) is 0 Å². The minimum atomic E-state index is -4.97. The molecule has 0 radical (unpaired) electrons. The van der Waals surface area contributed by atoms with Gasteiger partial charge >= 0.3 is 0 Å². The van der Waals surface area contributed by atoms with Gasteiger partial charge in [0.05, 0.1) is 32.6 Å². The zero-order chi connectivity index (χ0) is 39.3. The number of hydrogen-bond donors (Lipinski definition) is 5. The number of non-ortho nitro benzene ring substituents is 2. The van der Waals surface area contributed by atoms with Crippen LogP contribution in [0.3, 0.4) is 0 Å². The van der Waals surface area contributed by atoms with E-state index in [9.17, 15) is 49.1 Å². The van der Waals surface area contributed by atoms with Crippen molar-refractivity contribution < 1.29 is 60.6 Å². The van der Waals surface area contributed by atoms with Crippen LogP contribution < -0.4 is 0 Å². The van der Waals surface area contributed by atoms with Crippen molar-refractivity contribution >= 4 is 44.2 Å². The van der Waals surface area contributed by atoms with E-state index in [0.29, 0.717) is 23.1 Å². The van der Waals surface area contributed by atoms with Gasteiger partial charge in [-0.3, -0.25) is 24.8 Å². The average molecular weight is 811 g/mol. The molecule has 0 amide bonds. The summed E-state index contributed by atoms with van der Waals surface area (Å²) in [5.74, 6) is -1.91. The molecule has 6 rings (SSSR count). The molecule has 23 heteroatoms. The number of nitro groups is 2. The van der Waals surface area contributed by atoms with Crippen LogP contribution in [-0.2, 0) is 27.5 Å². The summed E-state index contributed by atoms with van der Waals surface area (Å²) in [6.45, 7) is 3.16. The number of rotatable bonds is 9. The molecule has 0 aliphatic carbocycles. The molecule has 4 aromatic carbocycles. The first-order chi connectivity index (χ1) is 25.6. The fraction of sp³-hybridized carbons (Fsp3) is 0.0625. The van der Waals surface area contributed by atoms with Crippen LogP contribution in [0.25, 0.3) is 11.4 Å². The number of phenols is 2.